The summed E-state index contributed by atoms with van der Waals surface area (Å²) in [4.78, 5) is 7.32. The first-order chi connectivity index (χ1) is 7.34. The number of nitrogens with one attached hydrogen (secondary N) is 1. The van der Waals surface area contributed by atoms with Crippen LogP contribution < -0.4 is 0 Å². The smallest absolute Gasteiger partial charge is 0.139 e. The van der Waals surface area contributed by atoms with E-state index >= 15 is 0 Å². The summed E-state index contributed by atoms with van der Waals surface area (Å²) in [5.41, 5.74) is 2.95. The second-order valence-electron chi connectivity index (χ2n) is 3.47. The molecule has 0 amide bonds. The van der Waals surface area contributed by atoms with Crippen molar-refractivity contribution in [2.24, 2.45) is 0 Å². The van der Waals surface area contributed by atoms with Gasteiger partial charge >= 0.3 is 0 Å². The predicted molar refractivity (Wildman–Crippen MR) is 58.0 cm³/mol. The molecule has 1 N–H and O–H groups in total. The van der Waals surface area contributed by atoms with Crippen LogP contribution in [0, 0.1) is 6.92 Å². The number of aryl methyl sites for hydroxylation is 1. The van der Waals surface area contributed by atoms with Crippen LogP contribution in [0.2, 0.25) is 0 Å². The molecule has 3 aromatic rings. The Morgan fingerprint density at radius 2 is 2.20 bits per heavy atom. The Bertz CT molecular complexity index is 606. The van der Waals surface area contributed by atoms with Crippen LogP contribution >= 0.6 is 0 Å². The van der Waals surface area contributed by atoms with E-state index in [4.69, 9.17) is 0 Å². The van der Waals surface area contributed by atoms with E-state index < -0.39 is 0 Å². The van der Waals surface area contributed by atoms with Crippen molar-refractivity contribution in [1.29, 1.82) is 0 Å². The van der Waals surface area contributed by atoms with Crippen LogP contribution in [0.1, 0.15) is 5.69 Å². The van der Waals surface area contributed by atoms with E-state index in [-0.39, 0.29) is 0 Å². The number of hydrogen-bond donors (Lipinski definition) is 1. The summed E-state index contributed by atoms with van der Waals surface area (Å²) in [6.45, 7) is 1.98. The molecule has 3 heterocycles. The van der Waals surface area contributed by atoms with Crippen molar-refractivity contribution in [2.75, 3.05) is 0 Å². The summed E-state index contributed by atoms with van der Waals surface area (Å²) in [6.07, 6.45) is 5.62. The third-order valence-electron chi connectivity index (χ3n) is 2.41. The Kier molecular flexibility index (Phi) is 1.62. The number of fused-ring (bicyclic) bond motifs is 1. The molecule has 4 heteroatoms. The molecule has 0 aliphatic rings. The van der Waals surface area contributed by atoms with E-state index in [0.29, 0.717) is 0 Å². The number of pyridine rings is 1. The van der Waals surface area contributed by atoms with Gasteiger partial charge in [0, 0.05) is 24.0 Å². The van der Waals surface area contributed by atoms with Gasteiger partial charge in [0.1, 0.15) is 5.65 Å². The zero-order valence-corrected chi connectivity index (χ0v) is 8.31. The third-order valence-corrected chi connectivity index (χ3v) is 2.41. The molecule has 4 nitrogen and oxygen atoms in total. The molecule has 0 aliphatic heterocycles. The molecule has 0 saturated heterocycles. The highest BCUT2D eigenvalue weighted by molar-refractivity contribution is 5.84. The molecule has 0 unspecified atom stereocenters. The number of aromatic nitrogens is 4. The van der Waals surface area contributed by atoms with Gasteiger partial charge in [0.2, 0.25) is 0 Å². The molecule has 3 rings (SSSR count). The Morgan fingerprint density at radius 1 is 1.27 bits per heavy atom. The van der Waals surface area contributed by atoms with Crippen molar-refractivity contribution in [3.63, 3.8) is 0 Å². The summed E-state index contributed by atoms with van der Waals surface area (Å²) >= 11 is 0. The van der Waals surface area contributed by atoms with Gasteiger partial charge in [0.15, 0.2) is 0 Å². The highest BCUT2D eigenvalue weighted by atomic mass is 15.3. The molecular weight excluding hydrogens is 188 g/mol. The largest absolute Gasteiger partial charge is 0.346 e. The van der Waals surface area contributed by atoms with Gasteiger partial charge in [-0.2, -0.15) is 5.10 Å². The lowest BCUT2D eigenvalue weighted by Crippen LogP contribution is -1.96. The molecule has 74 valence electrons. The predicted octanol–water partition coefficient (Wildman–Crippen LogP) is 2.06. The first kappa shape index (κ1) is 8.23. The molecule has 0 spiro atoms. The number of hydrogen-bond acceptors (Lipinski definition) is 2. The zero-order chi connectivity index (χ0) is 10.3. The van der Waals surface area contributed by atoms with Gasteiger partial charge in [0.25, 0.3) is 0 Å². The summed E-state index contributed by atoms with van der Waals surface area (Å²) in [5.74, 6) is 0. The standard InChI is InChI=1S/C11H10N4/c1-8-4-7-15(14-8)10-3-6-13-11-9(10)2-5-12-11/h2-7H,1H3,(H,12,13). The summed E-state index contributed by atoms with van der Waals surface area (Å²) in [5, 5.41) is 5.47. The highest BCUT2D eigenvalue weighted by Crippen LogP contribution is 2.18. The second-order valence-corrected chi connectivity index (χ2v) is 3.47. The maximum atomic E-state index is 4.39. The van der Waals surface area contributed by atoms with E-state index in [1.807, 2.05) is 42.2 Å². The second kappa shape index (κ2) is 2.95. The number of H-pyrrole nitrogens is 1. The van der Waals surface area contributed by atoms with Crippen molar-refractivity contribution >= 4 is 11.0 Å². The fourth-order valence-electron chi connectivity index (χ4n) is 1.70. The van der Waals surface area contributed by atoms with Gasteiger partial charge in [-0.05, 0) is 25.1 Å². The van der Waals surface area contributed by atoms with E-state index in [9.17, 15) is 0 Å². The van der Waals surface area contributed by atoms with Gasteiger partial charge in [-0.15, -0.1) is 0 Å². The molecule has 0 aromatic carbocycles. The minimum absolute atomic E-state index is 0.889. The van der Waals surface area contributed by atoms with Crippen LogP contribution in [0.5, 0.6) is 0 Å². The van der Waals surface area contributed by atoms with Crippen LogP contribution in [0.3, 0.4) is 0 Å². The molecular formula is C11H10N4. The van der Waals surface area contributed by atoms with Crippen molar-refractivity contribution in [2.45, 2.75) is 6.92 Å². The molecule has 0 radical (unpaired) electrons. The van der Waals surface area contributed by atoms with E-state index in [0.717, 1.165) is 22.4 Å². The maximum Gasteiger partial charge on any atom is 0.139 e. The van der Waals surface area contributed by atoms with Crippen LogP contribution in [-0.2, 0) is 0 Å². The third kappa shape index (κ3) is 1.22. The lowest BCUT2D eigenvalue weighted by Gasteiger charge is -2.01. The molecule has 0 aliphatic carbocycles. The fourth-order valence-corrected chi connectivity index (χ4v) is 1.70. The van der Waals surface area contributed by atoms with Crippen molar-refractivity contribution in [1.82, 2.24) is 19.7 Å². The van der Waals surface area contributed by atoms with Gasteiger partial charge in [0.05, 0.1) is 11.4 Å². The highest BCUT2D eigenvalue weighted by Gasteiger charge is 2.04. The summed E-state index contributed by atoms with van der Waals surface area (Å²) in [7, 11) is 0. The molecule has 15 heavy (non-hydrogen) atoms. The number of rotatable bonds is 1. The minimum atomic E-state index is 0.889. The lowest BCUT2D eigenvalue weighted by molar-refractivity contribution is 0.868. The van der Waals surface area contributed by atoms with E-state index in [2.05, 4.69) is 15.1 Å². The molecule has 0 saturated carbocycles. The van der Waals surface area contributed by atoms with Crippen molar-refractivity contribution in [3.05, 3.63) is 42.5 Å². The Hall–Kier alpha value is -2.10. The number of nitrogens with zero attached hydrogens (tertiary/aromatic N) is 3. The van der Waals surface area contributed by atoms with Gasteiger partial charge in [-0.3, -0.25) is 0 Å². The molecule has 0 bridgehead atoms. The van der Waals surface area contributed by atoms with Crippen LogP contribution in [0.15, 0.2) is 36.8 Å². The number of aromatic amines is 1. The van der Waals surface area contributed by atoms with Crippen molar-refractivity contribution in [3.8, 4) is 5.69 Å². The average Bonchev–Trinajstić information content (AvgIpc) is 2.84. The molecule has 0 fully saturated rings. The van der Waals surface area contributed by atoms with Crippen LogP contribution in [-0.4, -0.2) is 19.7 Å². The van der Waals surface area contributed by atoms with Gasteiger partial charge < -0.3 is 4.98 Å². The van der Waals surface area contributed by atoms with Crippen LogP contribution in [0.25, 0.3) is 16.7 Å². The topological polar surface area (TPSA) is 46.5 Å². The van der Waals surface area contributed by atoms with Crippen LogP contribution in [0.4, 0.5) is 0 Å². The SMILES string of the molecule is Cc1ccn(-c2ccnc3[nH]ccc23)n1. The minimum Gasteiger partial charge on any atom is -0.346 e. The van der Waals surface area contributed by atoms with Gasteiger partial charge in [-0.1, -0.05) is 0 Å². The quantitative estimate of drug-likeness (QED) is 0.650. The molecule has 3 aromatic heterocycles. The molecule has 0 atom stereocenters. The van der Waals surface area contributed by atoms with Gasteiger partial charge in [-0.25, -0.2) is 9.67 Å². The fraction of sp³-hybridized carbons (Fsp3) is 0.0909. The Labute approximate surface area is 86.6 Å². The lowest BCUT2D eigenvalue weighted by atomic mass is 10.3. The summed E-state index contributed by atoms with van der Waals surface area (Å²) < 4.78 is 1.87. The van der Waals surface area contributed by atoms with Crippen molar-refractivity contribution < 1.29 is 0 Å². The Morgan fingerprint density at radius 3 is 3.00 bits per heavy atom. The van der Waals surface area contributed by atoms with E-state index in [1.165, 1.54) is 0 Å². The zero-order valence-electron chi connectivity index (χ0n) is 8.31. The normalized spacial score (nSPS) is 11.0. The Balaban J connectivity index is 2.30. The monoisotopic (exact) mass is 198 g/mol. The maximum absolute atomic E-state index is 4.39. The first-order valence-corrected chi connectivity index (χ1v) is 4.79. The first-order valence-electron chi connectivity index (χ1n) is 4.79. The average molecular weight is 198 g/mol. The van der Waals surface area contributed by atoms with E-state index in [1.54, 1.807) is 6.20 Å². The summed E-state index contributed by atoms with van der Waals surface area (Å²) in [6, 6.07) is 5.95.